The zero-order chi connectivity index (χ0) is 34.6. The zero-order valence-electron chi connectivity index (χ0n) is 27.6. The summed E-state index contributed by atoms with van der Waals surface area (Å²) in [5.74, 6) is -4.95. The number of alkyl carbamates (subject to hydrolysis) is 1. The molecule has 1 fully saturated rings. The van der Waals surface area contributed by atoms with Gasteiger partial charge in [0.1, 0.15) is 36.9 Å². The largest absolute Gasteiger partial charge is 0.463 e. The van der Waals surface area contributed by atoms with Gasteiger partial charge in [-0.05, 0) is 33.1 Å². The molecule has 0 bridgehead atoms. The van der Waals surface area contributed by atoms with Crippen LogP contribution < -0.4 is 10.6 Å². The van der Waals surface area contributed by atoms with Crippen molar-refractivity contribution in [2.24, 2.45) is 5.92 Å². The number of amides is 3. The smallest absolute Gasteiger partial charge is 0.408 e. The summed E-state index contributed by atoms with van der Waals surface area (Å²) in [5, 5.41) is 5.06. The minimum Gasteiger partial charge on any atom is -0.463 e. The van der Waals surface area contributed by atoms with Crippen molar-refractivity contribution in [2.45, 2.75) is 118 Å². The molecule has 1 saturated heterocycles. The molecule has 1 aliphatic heterocycles. The third-order valence-corrected chi connectivity index (χ3v) is 6.10. The van der Waals surface area contributed by atoms with E-state index in [1.165, 1.54) is 4.90 Å². The van der Waals surface area contributed by atoms with Crippen LogP contribution in [0.2, 0.25) is 0 Å². The molecule has 1 aliphatic rings. The number of nitrogens with zero attached hydrogens (tertiary/aromatic N) is 1. The highest BCUT2D eigenvalue weighted by molar-refractivity contribution is 5.90. The standard InChI is InChI=1S/C29H47N3O13/c1-11-12-32(21(37)13-30-28(39)45-29(8,9)10)23(15(2)3)26(38)31-22-25(42-18(6)35)24(41-17(5)34)20(14-40-16(4)33)44-27(22)43-19(7)36/h15,20,22-25,27H,11-14H2,1-10H3,(H,30,39)(H,31,38)/t20-,22-,23?,24-,25-,27-/m1/s1. The molecule has 256 valence electrons. The molecule has 1 rings (SSSR count). The Kier molecular flexibility index (Phi) is 15.2. The van der Waals surface area contributed by atoms with Crippen LogP contribution in [0.25, 0.3) is 0 Å². The molecule has 0 radical (unpaired) electrons. The van der Waals surface area contributed by atoms with E-state index >= 15 is 0 Å². The van der Waals surface area contributed by atoms with E-state index in [0.717, 1.165) is 27.7 Å². The SMILES string of the molecule is CCCN(C(=O)CNC(=O)OC(C)(C)C)C(C(=O)N[C@H]1[C@H](OC(C)=O)O[C@H](COC(C)=O)[C@@H](OC(C)=O)[C@@H]1OC(C)=O)C(C)C. The molecule has 0 aliphatic carbocycles. The Morgan fingerprint density at radius 3 is 1.87 bits per heavy atom. The molecule has 0 saturated carbocycles. The second-order valence-corrected chi connectivity index (χ2v) is 11.8. The third kappa shape index (κ3) is 13.3. The van der Waals surface area contributed by atoms with Gasteiger partial charge in [0.25, 0.3) is 0 Å². The van der Waals surface area contributed by atoms with Crippen molar-refractivity contribution >= 4 is 41.8 Å². The van der Waals surface area contributed by atoms with Gasteiger partial charge in [0.05, 0.1) is 0 Å². The predicted molar refractivity (Wildman–Crippen MR) is 155 cm³/mol. The van der Waals surface area contributed by atoms with Crippen LogP contribution in [0.3, 0.4) is 0 Å². The predicted octanol–water partition coefficient (Wildman–Crippen LogP) is 0.974. The summed E-state index contributed by atoms with van der Waals surface area (Å²) in [6, 6.07) is -2.57. The first-order valence-electron chi connectivity index (χ1n) is 14.6. The summed E-state index contributed by atoms with van der Waals surface area (Å²) in [7, 11) is 0. The number of ether oxygens (including phenoxy) is 6. The maximum atomic E-state index is 14.0. The zero-order valence-corrected chi connectivity index (χ0v) is 27.6. The van der Waals surface area contributed by atoms with Crippen molar-refractivity contribution in [3.8, 4) is 0 Å². The Balaban J connectivity index is 3.49. The van der Waals surface area contributed by atoms with Crippen molar-refractivity contribution in [3.63, 3.8) is 0 Å². The van der Waals surface area contributed by atoms with Gasteiger partial charge < -0.3 is 44.0 Å². The average Bonchev–Trinajstić information content (AvgIpc) is 2.87. The number of nitrogens with one attached hydrogen (secondary N) is 2. The molecular weight excluding hydrogens is 598 g/mol. The van der Waals surface area contributed by atoms with Crippen LogP contribution in [-0.2, 0) is 57.2 Å². The Bertz CT molecular complexity index is 1090. The van der Waals surface area contributed by atoms with Gasteiger partial charge in [-0.15, -0.1) is 0 Å². The van der Waals surface area contributed by atoms with Gasteiger partial charge in [0, 0.05) is 34.2 Å². The summed E-state index contributed by atoms with van der Waals surface area (Å²) >= 11 is 0. The minimum atomic E-state index is -1.60. The van der Waals surface area contributed by atoms with Crippen LogP contribution in [0.4, 0.5) is 4.79 Å². The third-order valence-electron chi connectivity index (χ3n) is 6.10. The summed E-state index contributed by atoms with van der Waals surface area (Å²) in [6.07, 6.45) is -6.11. The lowest BCUT2D eigenvalue weighted by atomic mass is 9.94. The normalized spacial score (nSPS) is 21.9. The first kappa shape index (κ1) is 39.1. The van der Waals surface area contributed by atoms with E-state index in [9.17, 15) is 33.6 Å². The fourth-order valence-corrected chi connectivity index (χ4v) is 4.60. The van der Waals surface area contributed by atoms with Gasteiger partial charge in [-0.2, -0.15) is 0 Å². The van der Waals surface area contributed by atoms with Crippen molar-refractivity contribution in [1.29, 1.82) is 0 Å². The fourth-order valence-electron chi connectivity index (χ4n) is 4.60. The second kappa shape index (κ2) is 17.5. The number of rotatable bonds is 13. The number of hydrogen-bond donors (Lipinski definition) is 2. The monoisotopic (exact) mass is 645 g/mol. The highest BCUT2D eigenvalue weighted by Gasteiger charge is 2.53. The molecule has 16 nitrogen and oxygen atoms in total. The van der Waals surface area contributed by atoms with Gasteiger partial charge in [0.15, 0.2) is 12.2 Å². The van der Waals surface area contributed by atoms with Gasteiger partial charge in [-0.25, -0.2) is 4.79 Å². The number of hydrogen-bond acceptors (Lipinski definition) is 13. The van der Waals surface area contributed by atoms with E-state index in [1.54, 1.807) is 41.5 Å². The Morgan fingerprint density at radius 2 is 1.40 bits per heavy atom. The quantitative estimate of drug-likeness (QED) is 0.212. The van der Waals surface area contributed by atoms with Gasteiger partial charge in [-0.1, -0.05) is 20.8 Å². The summed E-state index contributed by atoms with van der Waals surface area (Å²) < 4.78 is 32.3. The van der Waals surface area contributed by atoms with Crippen LogP contribution in [0.1, 0.15) is 75.7 Å². The van der Waals surface area contributed by atoms with Crippen LogP contribution in [0.5, 0.6) is 0 Å². The maximum absolute atomic E-state index is 14.0. The lowest BCUT2D eigenvalue weighted by Crippen LogP contribution is -2.68. The van der Waals surface area contributed by atoms with Crippen molar-refractivity contribution in [3.05, 3.63) is 0 Å². The summed E-state index contributed by atoms with van der Waals surface area (Å²) in [5.41, 5.74) is -0.795. The Morgan fingerprint density at radius 1 is 0.844 bits per heavy atom. The molecular formula is C29H47N3O13. The van der Waals surface area contributed by atoms with Gasteiger partial charge in [0.2, 0.25) is 18.1 Å². The lowest BCUT2D eigenvalue weighted by Gasteiger charge is -2.45. The minimum absolute atomic E-state index is 0.132. The van der Waals surface area contributed by atoms with Crippen LogP contribution in [-0.4, -0.2) is 109 Å². The molecule has 1 heterocycles. The van der Waals surface area contributed by atoms with Crippen LogP contribution in [0, 0.1) is 5.92 Å². The molecule has 45 heavy (non-hydrogen) atoms. The molecule has 3 amide bonds. The molecule has 0 aromatic rings. The number of carbonyl (C=O) groups excluding carboxylic acids is 7. The lowest BCUT2D eigenvalue weighted by molar-refractivity contribution is -0.271. The molecule has 0 aromatic heterocycles. The topological polar surface area (TPSA) is 202 Å². The van der Waals surface area contributed by atoms with Crippen molar-refractivity contribution < 1.29 is 62.0 Å². The van der Waals surface area contributed by atoms with E-state index < -0.39 is 103 Å². The Hall–Kier alpha value is -3.95. The molecule has 0 aromatic carbocycles. The fraction of sp³-hybridized carbons (Fsp3) is 0.759. The average molecular weight is 646 g/mol. The van der Waals surface area contributed by atoms with E-state index in [1.807, 2.05) is 0 Å². The maximum Gasteiger partial charge on any atom is 0.408 e. The highest BCUT2D eigenvalue weighted by atomic mass is 16.7. The second-order valence-electron chi connectivity index (χ2n) is 11.8. The summed E-state index contributed by atoms with van der Waals surface area (Å²) in [6.45, 7) is 13.8. The molecule has 2 N–H and O–H groups in total. The Labute approximate surface area is 263 Å². The van der Waals surface area contributed by atoms with E-state index in [0.29, 0.717) is 6.42 Å². The van der Waals surface area contributed by atoms with Gasteiger partial charge >= 0.3 is 30.0 Å². The number of esters is 4. The highest BCUT2D eigenvalue weighted by Crippen LogP contribution is 2.28. The van der Waals surface area contributed by atoms with Crippen molar-refractivity contribution in [1.82, 2.24) is 15.5 Å². The molecule has 6 atom stereocenters. The molecule has 0 spiro atoms. The van der Waals surface area contributed by atoms with Crippen molar-refractivity contribution in [2.75, 3.05) is 19.7 Å². The van der Waals surface area contributed by atoms with Gasteiger partial charge in [-0.3, -0.25) is 28.8 Å². The summed E-state index contributed by atoms with van der Waals surface area (Å²) in [4.78, 5) is 88.6. The first-order valence-corrected chi connectivity index (χ1v) is 14.6. The molecule has 1 unspecified atom stereocenters. The van der Waals surface area contributed by atoms with E-state index in [4.69, 9.17) is 28.4 Å². The van der Waals surface area contributed by atoms with Crippen LogP contribution >= 0.6 is 0 Å². The number of carbonyl (C=O) groups is 7. The molecule has 16 heteroatoms. The first-order chi connectivity index (χ1) is 20.8. The van der Waals surface area contributed by atoms with E-state index in [-0.39, 0.29) is 6.54 Å². The van der Waals surface area contributed by atoms with E-state index in [2.05, 4.69) is 10.6 Å². The van der Waals surface area contributed by atoms with Crippen LogP contribution in [0.15, 0.2) is 0 Å².